The fourth-order valence-electron chi connectivity index (χ4n) is 1.34. The van der Waals surface area contributed by atoms with Crippen molar-refractivity contribution in [2.75, 3.05) is 5.75 Å². The van der Waals surface area contributed by atoms with Gasteiger partial charge < -0.3 is 4.74 Å². The first-order chi connectivity index (χ1) is 5.66. The SMILES string of the molecule is CCCCCC1(C)CSC(=S)O1. The maximum atomic E-state index is 5.59. The molecule has 12 heavy (non-hydrogen) atoms. The summed E-state index contributed by atoms with van der Waals surface area (Å²) in [6, 6.07) is 0. The molecule has 1 aliphatic rings. The maximum absolute atomic E-state index is 5.59. The van der Waals surface area contributed by atoms with Crippen LogP contribution >= 0.6 is 24.0 Å². The number of ether oxygens (including phenoxy) is 1. The molecule has 0 N–H and O–H groups in total. The predicted molar refractivity (Wildman–Crippen MR) is 58.7 cm³/mol. The third-order valence-corrected chi connectivity index (χ3v) is 3.65. The molecule has 70 valence electrons. The Morgan fingerprint density at radius 1 is 1.58 bits per heavy atom. The van der Waals surface area contributed by atoms with Crippen LogP contribution in [0.1, 0.15) is 39.5 Å². The Kier molecular flexibility index (Phi) is 3.84. The van der Waals surface area contributed by atoms with Crippen molar-refractivity contribution in [1.29, 1.82) is 0 Å². The molecule has 0 bridgehead atoms. The highest BCUT2D eigenvalue weighted by Crippen LogP contribution is 2.33. The molecule has 1 atom stereocenters. The van der Waals surface area contributed by atoms with E-state index in [1.165, 1.54) is 19.3 Å². The summed E-state index contributed by atoms with van der Waals surface area (Å²) in [7, 11) is 0. The van der Waals surface area contributed by atoms with E-state index in [1.807, 2.05) is 0 Å². The van der Waals surface area contributed by atoms with Gasteiger partial charge in [-0.3, -0.25) is 0 Å². The van der Waals surface area contributed by atoms with Gasteiger partial charge in [0.2, 0.25) is 4.38 Å². The van der Waals surface area contributed by atoms with Gasteiger partial charge in [-0.2, -0.15) is 0 Å². The lowest BCUT2D eigenvalue weighted by molar-refractivity contribution is 0.106. The fourth-order valence-corrected chi connectivity index (χ4v) is 2.61. The largest absolute Gasteiger partial charge is 0.471 e. The van der Waals surface area contributed by atoms with Gasteiger partial charge in [0.25, 0.3) is 0 Å². The topological polar surface area (TPSA) is 9.23 Å². The van der Waals surface area contributed by atoms with E-state index < -0.39 is 0 Å². The monoisotopic (exact) mass is 204 g/mol. The van der Waals surface area contributed by atoms with Crippen molar-refractivity contribution < 1.29 is 4.74 Å². The van der Waals surface area contributed by atoms with Crippen LogP contribution in [0.2, 0.25) is 0 Å². The molecule has 1 saturated heterocycles. The van der Waals surface area contributed by atoms with Gasteiger partial charge in [-0.25, -0.2) is 0 Å². The molecule has 0 aromatic carbocycles. The van der Waals surface area contributed by atoms with E-state index in [9.17, 15) is 0 Å². The van der Waals surface area contributed by atoms with Crippen molar-refractivity contribution in [3.63, 3.8) is 0 Å². The normalized spacial score (nSPS) is 29.0. The lowest BCUT2D eigenvalue weighted by atomic mass is 10.0. The zero-order chi connectivity index (χ0) is 9.03. The van der Waals surface area contributed by atoms with Gasteiger partial charge in [0.15, 0.2) is 0 Å². The summed E-state index contributed by atoms with van der Waals surface area (Å²) in [5, 5.41) is 0. The van der Waals surface area contributed by atoms with Crippen LogP contribution in [0.5, 0.6) is 0 Å². The van der Waals surface area contributed by atoms with E-state index in [1.54, 1.807) is 11.8 Å². The molecular weight excluding hydrogens is 188 g/mol. The Hall–Kier alpha value is 0.240. The molecule has 3 heteroatoms. The van der Waals surface area contributed by atoms with Gasteiger partial charge >= 0.3 is 0 Å². The Balaban J connectivity index is 2.25. The van der Waals surface area contributed by atoms with Crippen LogP contribution in [-0.4, -0.2) is 15.7 Å². The lowest BCUT2D eigenvalue weighted by Gasteiger charge is -2.21. The van der Waals surface area contributed by atoms with Crippen molar-refractivity contribution in [3.8, 4) is 0 Å². The number of hydrogen-bond acceptors (Lipinski definition) is 3. The van der Waals surface area contributed by atoms with Gasteiger partial charge in [0, 0.05) is 5.75 Å². The number of unbranched alkanes of at least 4 members (excludes halogenated alkanes) is 2. The first-order valence-electron chi connectivity index (χ1n) is 4.52. The fraction of sp³-hybridized carbons (Fsp3) is 0.889. The summed E-state index contributed by atoms with van der Waals surface area (Å²) in [4.78, 5) is 0. The zero-order valence-electron chi connectivity index (χ0n) is 7.76. The van der Waals surface area contributed by atoms with E-state index in [2.05, 4.69) is 13.8 Å². The Morgan fingerprint density at radius 3 is 2.83 bits per heavy atom. The van der Waals surface area contributed by atoms with Crippen molar-refractivity contribution in [3.05, 3.63) is 0 Å². The second-order valence-electron chi connectivity index (χ2n) is 3.55. The molecule has 1 rings (SSSR count). The number of hydrogen-bond donors (Lipinski definition) is 0. The van der Waals surface area contributed by atoms with Gasteiger partial charge in [0.1, 0.15) is 5.60 Å². The van der Waals surface area contributed by atoms with E-state index in [0.29, 0.717) is 0 Å². The molecule has 1 fully saturated rings. The van der Waals surface area contributed by atoms with Gasteiger partial charge in [0.05, 0.1) is 0 Å². The van der Waals surface area contributed by atoms with Crippen LogP contribution in [0.4, 0.5) is 0 Å². The van der Waals surface area contributed by atoms with Crippen LogP contribution < -0.4 is 0 Å². The smallest absolute Gasteiger partial charge is 0.220 e. The summed E-state index contributed by atoms with van der Waals surface area (Å²) in [5.41, 5.74) is 0.0386. The van der Waals surface area contributed by atoms with Crippen LogP contribution in [0.15, 0.2) is 0 Å². The minimum Gasteiger partial charge on any atom is -0.471 e. The molecular formula is C9H16OS2. The van der Waals surface area contributed by atoms with E-state index in [-0.39, 0.29) is 5.60 Å². The van der Waals surface area contributed by atoms with E-state index in [4.69, 9.17) is 17.0 Å². The van der Waals surface area contributed by atoms with Crippen LogP contribution in [0.3, 0.4) is 0 Å². The zero-order valence-corrected chi connectivity index (χ0v) is 9.39. The standard InChI is InChI=1S/C9H16OS2/c1-3-4-5-6-9(2)7-12-8(11)10-9/h3-7H2,1-2H3. The third kappa shape index (κ3) is 2.94. The highest BCUT2D eigenvalue weighted by Gasteiger charge is 2.33. The maximum Gasteiger partial charge on any atom is 0.220 e. The third-order valence-electron chi connectivity index (χ3n) is 2.13. The molecule has 0 radical (unpaired) electrons. The Labute approximate surface area is 84.2 Å². The van der Waals surface area contributed by atoms with Crippen LogP contribution in [0, 0.1) is 0 Å². The minimum atomic E-state index is 0.0386. The van der Waals surface area contributed by atoms with Gasteiger partial charge in [-0.15, -0.1) is 0 Å². The summed E-state index contributed by atoms with van der Waals surface area (Å²) < 4.78 is 6.32. The average Bonchev–Trinajstić information content (AvgIpc) is 2.32. The Morgan fingerprint density at radius 2 is 2.33 bits per heavy atom. The molecule has 1 aliphatic heterocycles. The minimum absolute atomic E-state index is 0.0386. The molecule has 1 heterocycles. The summed E-state index contributed by atoms with van der Waals surface area (Å²) in [6.07, 6.45) is 4.98. The van der Waals surface area contributed by atoms with Crippen molar-refractivity contribution in [1.82, 2.24) is 0 Å². The second kappa shape index (κ2) is 4.47. The molecule has 0 aromatic rings. The highest BCUT2D eigenvalue weighted by atomic mass is 32.2. The van der Waals surface area contributed by atoms with E-state index >= 15 is 0 Å². The first kappa shape index (κ1) is 10.3. The summed E-state index contributed by atoms with van der Waals surface area (Å²) in [5.74, 6) is 1.04. The van der Waals surface area contributed by atoms with E-state index in [0.717, 1.165) is 16.6 Å². The van der Waals surface area contributed by atoms with Crippen molar-refractivity contribution in [2.24, 2.45) is 0 Å². The highest BCUT2D eigenvalue weighted by molar-refractivity contribution is 8.22. The molecule has 1 unspecified atom stereocenters. The molecule has 0 aliphatic carbocycles. The molecule has 0 aromatic heterocycles. The quantitative estimate of drug-likeness (QED) is 0.513. The van der Waals surface area contributed by atoms with Crippen LogP contribution in [-0.2, 0) is 4.74 Å². The Bertz CT molecular complexity index is 170. The van der Waals surface area contributed by atoms with Crippen molar-refractivity contribution >= 4 is 28.4 Å². The van der Waals surface area contributed by atoms with Gasteiger partial charge in [-0.05, 0) is 32.0 Å². The lowest BCUT2D eigenvalue weighted by Crippen LogP contribution is -2.26. The summed E-state index contributed by atoms with van der Waals surface area (Å²) >= 11 is 6.66. The average molecular weight is 204 g/mol. The second-order valence-corrected chi connectivity index (χ2v) is 5.13. The first-order valence-corrected chi connectivity index (χ1v) is 5.91. The molecule has 0 amide bonds. The molecule has 0 saturated carbocycles. The number of thioether (sulfide) groups is 1. The van der Waals surface area contributed by atoms with Crippen molar-refractivity contribution in [2.45, 2.75) is 45.1 Å². The molecule has 0 spiro atoms. The number of thiocarbonyl (C=S) groups is 1. The number of rotatable bonds is 4. The van der Waals surface area contributed by atoms with Gasteiger partial charge in [-0.1, -0.05) is 31.5 Å². The predicted octanol–water partition coefficient (Wildman–Crippen LogP) is 3.37. The summed E-state index contributed by atoms with van der Waals surface area (Å²) in [6.45, 7) is 4.38. The molecule has 1 nitrogen and oxygen atoms in total. The van der Waals surface area contributed by atoms with Crippen LogP contribution in [0.25, 0.3) is 0 Å².